The summed E-state index contributed by atoms with van der Waals surface area (Å²) in [5.41, 5.74) is 6.56. The summed E-state index contributed by atoms with van der Waals surface area (Å²) in [5.74, 6) is -0.381. The zero-order valence-electron chi connectivity index (χ0n) is 10.8. The maximum atomic E-state index is 11.1. The fraction of sp³-hybridized carbons (Fsp3) is 0.267. The van der Waals surface area contributed by atoms with Crippen molar-refractivity contribution in [2.45, 2.75) is 25.9 Å². The summed E-state index contributed by atoms with van der Waals surface area (Å²) in [6, 6.07) is 11.0. The van der Waals surface area contributed by atoms with E-state index < -0.39 is 12.1 Å². The zero-order valence-corrected chi connectivity index (χ0v) is 10.8. The molecule has 3 N–H and O–H groups in total. The van der Waals surface area contributed by atoms with Gasteiger partial charge in [-0.15, -0.1) is 0 Å². The van der Waals surface area contributed by atoms with Crippen LogP contribution in [0.15, 0.2) is 36.4 Å². The number of anilines is 1. The van der Waals surface area contributed by atoms with Crippen molar-refractivity contribution in [1.82, 2.24) is 0 Å². The highest BCUT2D eigenvalue weighted by Gasteiger charge is 2.19. The first-order chi connectivity index (χ1) is 9.13. The molecule has 2 rings (SSSR count). The average molecular weight is 259 g/mol. The number of aliphatic carboxylic acids is 1. The number of hydrogen-bond donors (Lipinski definition) is 2. The predicted molar refractivity (Wildman–Crippen MR) is 75.3 cm³/mol. The van der Waals surface area contributed by atoms with Crippen molar-refractivity contribution in [3.63, 3.8) is 0 Å². The molecule has 0 aliphatic heterocycles. The minimum absolute atomic E-state index is 0.480. The number of fused-ring (bicyclic) bond motifs is 1. The average Bonchev–Trinajstić information content (AvgIpc) is 2.41. The molecule has 0 saturated carbocycles. The van der Waals surface area contributed by atoms with Crippen LogP contribution in [0.4, 0.5) is 5.69 Å². The van der Waals surface area contributed by atoms with Gasteiger partial charge in [0.15, 0.2) is 6.10 Å². The van der Waals surface area contributed by atoms with Crippen LogP contribution in [-0.4, -0.2) is 17.2 Å². The highest BCUT2D eigenvalue weighted by atomic mass is 16.5. The van der Waals surface area contributed by atoms with Crippen LogP contribution in [0.2, 0.25) is 0 Å². The molecular formula is C15H17NO3. The van der Waals surface area contributed by atoms with Crippen molar-refractivity contribution in [2.75, 3.05) is 5.73 Å². The molecule has 0 radical (unpaired) electrons. The molecule has 4 heteroatoms. The second-order valence-electron chi connectivity index (χ2n) is 4.43. The highest BCUT2D eigenvalue weighted by Crippen LogP contribution is 2.30. The summed E-state index contributed by atoms with van der Waals surface area (Å²) in [7, 11) is 0. The molecule has 2 aromatic rings. The largest absolute Gasteiger partial charge is 0.479 e. The van der Waals surface area contributed by atoms with Gasteiger partial charge in [-0.25, -0.2) is 4.79 Å². The molecule has 4 nitrogen and oxygen atoms in total. The van der Waals surface area contributed by atoms with Crippen molar-refractivity contribution in [3.8, 4) is 5.75 Å². The Morgan fingerprint density at radius 2 is 1.95 bits per heavy atom. The summed E-state index contributed by atoms with van der Waals surface area (Å²) in [6.07, 6.45) is 0.412. The Bertz CT molecular complexity index is 595. The van der Waals surface area contributed by atoms with E-state index in [0.717, 1.165) is 17.2 Å². The molecule has 1 atom stereocenters. The minimum Gasteiger partial charge on any atom is -0.479 e. The maximum absolute atomic E-state index is 11.1. The maximum Gasteiger partial charge on any atom is 0.344 e. The molecule has 0 fully saturated rings. The van der Waals surface area contributed by atoms with Crippen LogP contribution in [-0.2, 0) is 4.79 Å². The second kappa shape index (κ2) is 5.61. The molecule has 0 aliphatic carbocycles. The number of nitrogens with two attached hydrogens (primary N) is 1. The Kier molecular flexibility index (Phi) is 3.90. The third-order valence-electron chi connectivity index (χ3n) is 3.01. The normalized spacial score (nSPS) is 12.3. The Hall–Kier alpha value is -2.23. The van der Waals surface area contributed by atoms with E-state index in [0.29, 0.717) is 17.9 Å². The van der Waals surface area contributed by atoms with Gasteiger partial charge in [0.1, 0.15) is 5.75 Å². The quantitative estimate of drug-likeness (QED) is 0.809. The Balaban J connectivity index is 2.40. The van der Waals surface area contributed by atoms with E-state index in [-0.39, 0.29) is 0 Å². The number of carboxylic acid groups (broad SMARTS) is 1. The van der Waals surface area contributed by atoms with Crippen molar-refractivity contribution in [3.05, 3.63) is 36.4 Å². The van der Waals surface area contributed by atoms with Gasteiger partial charge < -0.3 is 15.6 Å². The molecule has 0 amide bonds. The Labute approximate surface area is 111 Å². The van der Waals surface area contributed by atoms with E-state index in [1.54, 1.807) is 12.1 Å². The monoisotopic (exact) mass is 259 g/mol. The van der Waals surface area contributed by atoms with Crippen LogP contribution in [0.1, 0.15) is 19.8 Å². The van der Waals surface area contributed by atoms with Crippen LogP contribution in [0.25, 0.3) is 10.8 Å². The molecule has 0 saturated heterocycles. The number of carboxylic acids is 1. The molecule has 0 bridgehead atoms. The Morgan fingerprint density at radius 1 is 1.26 bits per heavy atom. The molecule has 0 spiro atoms. The molecule has 0 heterocycles. The van der Waals surface area contributed by atoms with E-state index in [2.05, 4.69) is 0 Å². The number of nitrogen functional groups attached to an aromatic ring is 1. The van der Waals surface area contributed by atoms with Gasteiger partial charge in [-0.3, -0.25) is 0 Å². The summed E-state index contributed by atoms with van der Waals surface area (Å²) < 4.78 is 5.63. The van der Waals surface area contributed by atoms with Crippen molar-refractivity contribution in [2.24, 2.45) is 0 Å². The van der Waals surface area contributed by atoms with Gasteiger partial charge in [0.05, 0.1) is 0 Å². The molecule has 2 aromatic carbocycles. The summed E-state index contributed by atoms with van der Waals surface area (Å²) >= 11 is 0. The van der Waals surface area contributed by atoms with Gasteiger partial charge in [-0.1, -0.05) is 37.6 Å². The lowest BCUT2D eigenvalue weighted by Gasteiger charge is -2.16. The van der Waals surface area contributed by atoms with Gasteiger partial charge in [0.2, 0.25) is 0 Å². The van der Waals surface area contributed by atoms with Gasteiger partial charge in [-0.05, 0) is 18.6 Å². The van der Waals surface area contributed by atoms with Crippen molar-refractivity contribution >= 4 is 22.4 Å². The van der Waals surface area contributed by atoms with Crippen LogP contribution >= 0.6 is 0 Å². The standard InChI is InChI=1S/C15H17NO3/c1-2-5-14(15(17)18)19-13-9-8-12(16)10-6-3-4-7-11(10)13/h3-4,6-9,14H,2,5,16H2,1H3,(H,17,18). The summed E-state index contributed by atoms with van der Waals surface area (Å²) in [6.45, 7) is 1.93. The van der Waals surface area contributed by atoms with Crippen LogP contribution in [0, 0.1) is 0 Å². The van der Waals surface area contributed by atoms with Crippen molar-refractivity contribution in [1.29, 1.82) is 0 Å². The number of benzene rings is 2. The smallest absolute Gasteiger partial charge is 0.344 e. The number of ether oxygens (including phenoxy) is 1. The van der Waals surface area contributed by atoms with Gasteiger partial charge in [0.25, 0.3) is 0 Å². The molecule has 19 heavy (non-hydrogen) atoms. The zero-order chi connectivity index (χ0) is 13.8. The third-order valence-corrected chi connectivity index (χ3v) is 3.01. The van der Waals surface area contributed by atoms with Crippen molar-refractivity contribution < 1.29 is 14.6 Å². The number of rotatable bonds is 5. The number of carbonyl (C=O) groups is 1. The molecule has 100 valence electrons. The SMILES string of the molecule is CCCC(Oc1ccc(N)c2ccccc12)C(=O)O. The van der Waals surface area contributed by atoms with Gasteiger partial charge >= 0.3 is 5.97 Å². The Morgan fingerprint density at radius 3 is 2.58 bits per heavy atom. The second-order valence-corrected chi connectivity index (χ2v) is 4.43. The van der Waals surface area contributed by atoms with E-state index in [4.69, 9.17) is 15.6 Å². The van der Waals surface area contributed by atoms with E-state index in [9.17, 15) is 4.79 Å². The van der Waals surface area contributed by atoms with Gasteiger partial charge in [-0.2, -0.15) is 0 Å². The lowest BCUT2D eigenvalue weighted by Crippen LogP contribution is -2.26. The third kappa shape index (κ3) is 2.78. The first kappa shape index (κ1) is 13.2. The van der Waals surface area contributed by atoms with E-state index in [1.807, 2.05) is 31.2 Å². The van der Waals surface area contributed by atoms with Crippen LogP contribution in [0.3, 0.4) is 0 Å². The highest BCUT2D eigenvalue weighted by molar-refractivity contribution is 5.97. The lowest BCUT2D eigenvalue weighted by atomic mass is 10.1. The number of hydrogen-bond acceptors (Lipinski definition) is 3. The fourth-order valence-electron chi connectivity index (χ4n) is 2.05. The molecule has 1 unspecified atom stereocenters. The summed E-state index contributed by atoms with van der Waals surface area (Å²) in [5, 5.41) is 10.9. The van der Waals surface area contributed by atoms with E-state index >= 15 is 0 Å². The minimum atomic E-state index is -0.942. The first-order valence-corrected chi connectivity index (χ1v) is 6.30. The topological polar surface area (TPSA) is 72.5 Å². The molecular weight excluding hydrogens is 242 g/mol. The van der Waals surface area contributed by atoms with E-state index in [1.165, 1.54) is 0 Å². The van der Waals surface area contributed by atoms with Gasteiger partial charge in [0, 0.05) is 16.5 Å². The van der Waals surface area contributed by atoms with Crippen LogP contribution in [0.5, 0.6) is 5.75 Å². The molecule has 0 aromatic heterocycles. The molecule has 0 aliphatic rings. The lowest BCUT2D eigenvalue weighted by molar-refractivity contribution is -0.145. The van der Waals surface area contributed by atoms with Crippen LogP contribution < -0.4 is 10.5 Å². The predicted octanol–water partition coefficient (Wildman–Crippen LogP) is 3.05. The summed E-state index contributed by atoms with van der Waals surface area (Å²) in [4.78, 5) is 11.1. The fourth-order valence-corrected chi connectivity index (χ4v) is 2.05. The first-order valence-electron chi connectivity index (χ1n) is 6.30.